The third-order valence-corrected chi connectivity index (χ3v) is 7.20. The first kappa shape index (κ1) is 23.4. The Morgan fingerprint density at radius 3 is 2.58 bits per heavy atom. The molecule has 164 valence electrons. The van der Waals surface area contributed by atoms with E-state index in [9.17, 15) is 18.5 Å². The van der Waals surface area contributed by atoms with E-state index in [4.69, 9.17) is 27.9 Å². The molecule has 0 aromatic heterocycles. The SMILES string of the molecule is COC(=O)c1ccc(Cl)c(CN(c2ccc(C#N)c(Cl)c2)C2CCN(S(C)(=O)=O)C2)c1. The average Bonchev–Trinajstić information content (AvgIpc) is 3.23. The summed E-state index contributed by atoms with van der Waals surface area (Å²) in [7, 11) is -2.02. The Morgan fingerprint density at radius 1 is 1.26 bits per heavy atom. The quantitative estimate of drug-likeness (QED) is 0.584. The fraction of sp³-hybridized carbons (Fsp3) is 0.333. The van der Waals surface area contributed by atoms with Crippen molar-refractivity contribution in [3.05, 3.63) is 63.1 Å². The molecule has 1 fully saturated rings. The molecule has 1 saturated heterocycles. The van der Waals surface area contributed by atoms with E-state index in [0.29, 0.717) is 52.8 Å². The van der Waals surface area contributed by atoms with Crippen molar-refractivity contribution < 1.29 is 17.9 Å². The second kappa shape index (κ2) is 9.45. The minimum Gasteiger partial charge on any atom is -0.465 e. The number of carbonyl (C=O) groups is 1. The molecule has 7 nitrogen and oxygen atoms in total. The van der Waals surface area contributed by atoms with E-state index < -0.39 is 16.0 Å². The Labute approximate surface area is 191 Å². The molecular formula is C21H21Cl2N3O4S. The summed E-state index contributed by atoms with van der Waals surface area (Å²) in [5.74, 6) is -0.477. The first-order valence-corrected chi connectivity index (χ1v) is 12.0. The molecule has 3 rings (SSSR count). The van der Waals surface area contributed by atoms with Crippen LogP contribution in [0.15, 0.2) is 36.4 Å². The van der Waals surface area contributed by atoms with Crippen molar-refractivity contribution in [2.75, 3.05) is 31.4 Å². The number of nitrogens with zero attached hydrogens (tertiary/aromatic N) is 3. The highest BCUT2D eigenvalue weighted by molar-refractivity contribution is 7.88. The summed E-state index contributed by atoms with van der Waals surface area (Å²) in [6, 6.07) is 11.8. The molecule has 1 atom stereocenters. The lowest BCUT2D eigenvalue weighted by molar-refractivity contribution is 0.0600. The van der Waals surface area contributed by atoms with Crippen LogP contribution >= 0.6 is 23.2 Å². The number of hydrogen-bond acceptors (Lipinski definition) is 6. The van der Waals surface area contributed by atoms with Gasteiger partial charge in [0, 0.05) is 36.4 Å². The minimum atomic E-state index is -3.32. The number of ether oxygens (including phenoxy) is 1. The zero-order valence-corrected chi connectivity index (χ0v) is 19.3. The standard InChI is InChI=1S/C21H21Cl2N3O4S/c1-30-21(27)14-4-6-19(22)16(9-14)12-26(17-5-3-15(11-24)20(23)10-17)18-7-8-25(13-18)31(2,28)29/h3-6,9-10,18H,7-8,12-13H2,1-2H3. The number of carbonyl (C=O) groups excluding carboxylic acids is 1. The van der Waals surface area contributed by atoms with Crippen molar-refractivity contribution in [1.29, 1.82) is 5.26 Å². The van der Waals surface area contributed by atoms with Gasteiger partial charge in [-0.1, -0.05) is 23.2 Å². The van der Waals surface area contributed by atoms with Crippen LogP contribution in [0.2, 0.25) is 10.0 Å². The summed E-state index contributed by atoms with van der Waals surface area (Å²) >= 11 is 12.7. The molecule has 1 aliphatic heterocycles. The highest BCUT2D eigenvalue weighted by Gasteiger charge is 2.33. The number of sulfonamides is 1. The summed E-state index contributed by atoms with van der Waals surface area (Å²) in [6.07, 6.45) is 1.80. The molecule has 1 aliphatic rings. The number of benzene rings is 2. The van der Waals surface area contributed by atoms with E-state index >= 15 is 0 Å². The van der Waals surface area contributed by atoms with Gasteiger partial charge in [0.25, 0.3) is 0 Å². The van der Waals surface area contributed by atoms with Gasteiger partial charge in [-0.05, 0) is 48.4 Å². The Hall–Kier alpha value is -2.31. The monoisotopic (exact) mass is 481 g/mol. The second-order valence-corrected chi connectivity index (χ2v) is 10.1. The fourth-order valence-corrected chi connectivity index (χ4v) is 4.87. The lowest BCUT2D eigenvalue weighted by atomic mass is 10.1. The number of nitriles is 1. The van der Waals surface area contributed by atoms with E-state index in [1.165, 1.54) is 17.7 Å². The third-order valence-electron chi connectivity index (χ3n) is 5.25. The Kier molecular flexibility index (Phi) is 7.12. The van der Waals surface area contributed by atoms with E-state index in [-0.39, 0.29) is 6.04 Å². The van der Waals surface area contributed by atoms with E-state index in [0.717, 1.165) is 5.69 Å². The highest BCUT2D eigenvalue weighted by Crippen LogP contribution is 2.31. The maximum absolute atomic E-state index is 12.0. The maximum Gasteiger partial charge on any atom is 0.337 e. The van der Waals surface area contributed by atoms with Crippen LogP contribution in [0, 0.1) is 11.3 Å². The van der Waals surface area contributed by atoms with Gasteiger partial charge in [0.05, 0.1) is 29.5 Å². The first-order valence-electron chi connectivity index (χ1n) is 9.42. The number of methoxy groups -OCH3 is 1. The molecule has 2 aromatic carbocycles. The number of esters is 1. The van der Waals surface area contributed by atoms with Crippen LogP contribution in [0.1, 0.15) is 27.9 Å². The summed E-state index contributed by atoms with van der Waals surface area (Å²) in [6.45, 7) is 1.03. The smallest absolute Gasteiger partial charge is 0.337 e. The number of rotatable bonds is 6. The van der Waals surface area contributed by atoms with Crippen LogP contribution in [0.4, 0.5) is 5.69 Å². The van der Waals surface area contributed by atoms with Gasteiger partial charge in [-0.25, -0.2) is 17.5 Å². The Bertz CT molecular complexity index is 1150. The lowest BCUT2D eigenvalue weighted by Gasteiger charge is -2.32. The average molecular weight is 482 g/mol. The van der Waals surface area contributed by atoms with Crippen molar-refractivity contribution in [2.24, 2.45) is 0 Å². The van der Waals surface area contributed by atoms with Crippen molar-refractivity contribution in [2.45, 2.75) is 19.0 Å². The van der Waals surface area contributed by atoms with Crippen LogP contribution in [-0.2, 0) is 21.3 Å². The zero-order valence-electron chi connectivity index (χ0n) is 17.0. The fourth-order valence-electron chi connectivity index (χ4n) is 3.60. The topological polar surface area (TPSA) is 90.7 Å². The minimum absolute atomic E-state index is 0.142. The molecule has 0 spiro atoms. The number of halogens is 2. The molecule has 0 bridgehead atoms. The normalized spacial score (nSPS) is 16.7. The van der Waals surface area contributed by atoms with Gasteiger partial charge in [0.1, 0.15) is 6.07 Å². The van der Waals surface area contributed by atoms with Crippen molar-refractivity contribution in [3.8, 4) is 6.07 Å². The molecule has 0 radical (unpaired) electrons. The summed E-state index contributed by atoms with van der Waals surface area (Å²) < 4.78 is 30.3. The van der Waals surface area contributed by atoms with Crippen molar-refractivity contribution >= 4 is 44.9 Å². The Balaban J connectivity index is 2.00. The highest BCUT2D eigenvalue weighted by atomic mass is 35.5. The van der Waals surface area contributed by atoms with Crippen LogP contribution in [0.25, 0.3) is 0 Å². The van der Waals surface area contributed by atoms with Gasteiger partial charge in [0.15, 0.2) is 0 Å². The molecule has 0 N–H and O–H groups in total. The van der Waals surface area contributed by atoms with Gasteiger partial charge in [-0.15, -0.1) is 0 Å². The van der Waals surface area contributed by atoms with Gasteiger partial charge in [-0.2, -0.15) is 5.26 Å². The van der Waals surface area contributed by atoms with E-state index in [1.807, 2.05) is 11.0 Å². The molecule has 10 heteroatoms. The predicted octanol–water partition coefficient (Wildman–Crippen LogP) is 3.69. The zero-order chi connectivity index (χ0) is 22.8. The predicted molar refractivity (Wildman–Crippen MR) is 120 cm³/mol. The summed E-state index contributed by atoms with van der Waals surface area (Å²) in [4.78, 5) is 14.0. The van der Waals surface area contributed by atoms with Crippen LogP contribution < -0.4 is 4.90 Å². The molecule has 31 heavy (non-hydrogen) atoms. The van der Waals surface area contributed by atoms with Gasteiger partial charge in [0.2, 0.25) is 10.0 Å². The molecule has 1 heterocycles. The third kappa shape index (κ3) is 5.31. The van der Waals surface area contributed by atoms with E-state index in [2.05, 4.69) is 0 Å². The second-order valence-electron chi connectivity index (χ2n) is 7.27. The van der Waals surface area contributed by atoms with Crippen molar-refractivity contribution in [1.82, 2.24) is 4.31 Å². The molecule has 2 aromatic rings. The molecular weight excluding hydrogens is 461 g/mol. The molecule has 0 amide bonds. The molecule has 0 saturated carbocycles. The first-order chi connectivity index (χ1) is 14.6. The summed E-state index contributed by atoms with van der Waals surface area (Å²) in [5, 5.41) is 9.95. The van der Waals surface area contributed by atoms with Gasteiger partial charge >= 0.3 is 5.97 Å². The van der Waals surface area contributed by atoms with Gasteiger partial charge < -0.3 is 9.64 Å². The molecule has 1 unspecified atom stereocenters. The maximum atomic E-state index is 12.0. The van der Waals surface area contributed by atoms with E-state index in [1.54, 1.807) is 36.4 Å². The lowest BCUT2D eigenvalue weighted by Crippen LogP contribution is -2.38. The van der Waals surface area contributed by atoms with Crippen LogP contribution in [0.5, 0.6) is 0 Å². The van der Waals surface area contributed by atoms with Crippen molar-refractivity contribution in [3.63, 3.8) is 0 Å². The van der Waals surface area contributed by atoms with Gasteiger partial charge in [-0.3, -0.25) is 0 Å². The summed E-state index contributed by atoms with van der Waals surface area (Å²) in [5.41, 5.74) is 2.12. The largest absolute Gasteiger partial charge is 0.465 e. The van der Waals surface area contributed by atoms with Crippen LogP contribution in [0.3, 0.4) is 0 Å². The Morgan fingerprint density at radius 2 is 2.00 bits per heavy atom. The molecule has 0 aliphatic carbocycles. The number of anilines is 1. The number of hydrogen-bond donors (Lipinski definition) is 0. The van der Waals surface area contributed by atoms with Crippen LogP contribution in [-0.4, -0.2) is 51.2 Å².